The highest BCUT2D eigenvalue weighted by molar-refractivity contribution is 5.67. The quantitative estimate of drug-likeness (QED) is 0.581. The third-order valence-corrected chi connectivity index (χ3v) is 3.56. The molecule has 2 N–H and O–H groups in total. The van der Waals surface area contributed by atoms with Crippen molar-refractivity contribution >= 4 is 17.3 Å². The zero-order chi connectivity index (χ0) is 16.4. The lowest BCUT2D eigenvalue weighted by Crippen LogP contribution is -2.03. The number of fused-ring (bicyclic) bond motifs is 1. The summed E-state index contributed by atoms with van der Waals surface area (Å²) in [6.07, 6.45) is 4.99. The van der Waals surface area contributed by atoms with Crippen molar-refractivity contribution in [2.45, 2.75) is 6.54 Å². The van der Waals surface area contributed by atoms with E-state index >= 15 is 0 Å². The minimum atomic E-state index is 0.0435. The summed E-state index contributed by atoms with van der Waals surface area (Å²) in [6, 6.07) is 11.8. The van der Waals surface area contributed by atoms with Gasteiger partial charge in [-0.3, -0.25) is 4.68 Å². The molecule has 0 fully saturated rings. The lowest BCUT2D eigenvalue weighted by Gasteiger charge is -2.08. The number of hydrogen-bond acceptors (Lipinski definition) is 6. The van der Waals surface area contributed by atoms with Gasteiger partial charge >= 0.3 is 0 Å². The van der Waals surface area contributed by atoms with Gasteiger partial charge in [0.1, 0.15) is 12.1 Å². The molecule has 1 aromatic carbocycles. The smallest absolute Gasteiger partial charge is 0.254 e. The Labute approximate surface area is 137 Å². The van der Waals surface area contributed by atoms with Gasteiger partial charge in [-0.05, 0) is 0 Å². The largest absolute Gasteiger partial charge is 0.394 e. The average Bonchev–Trinajstić information content (AvgIpc) is 3.25. The number of aromatic nitrogens is 6. The summed E-state index contributed by atoms with van der Waals surface area (Å²) in [5.41, 5.74) is 2.61. The zero-order valence-electron chi connectivity index (χ0n) is 12.7. The van der Waals surface area contributed by atoms with E-state index in [0.717, 1.165) is 22.8 Å². The maximum Gasteiger partial charge on any atom is 0.254 e. The first-order chi connectivity index (χ1) is 11.8. The van der Waals surface area contributed by atoms with Crippen LogP contribution in [0.15, 0.2) is 55.1 Å². The second kappa shape index (κ2) is 6.09. The highest BCUT2D eigenvalue weighted by atomic mass is 16.3. The zero-order valence-corrected chi connectivity index (χ0v) is 12.7. The molecule has 0 amide bonds. The summed E-state index contributed by atoms with van der Waals surface area (Å²) < 4.78 is 3.30. The number of aliphatic hydroxyl groups excluding tert-OH is 1. The number of benzene rings is 1. The maximum atomic E-state index is 8.98. The van der Waals surface area contributed by atoms with Gasteiger partial charge in [0.15, 0.2) is 0 Å². The molecule has 3 aromatic heterocycles. The van der Waals surface area contributed by atoms with Crippen LogP contribution >= 0.6 is 0 Å². The Morgan fingerprint density at radius 3 is 2.83 bits per heavy atom. The molecule has 8 heteroatoms. The van der Waals surface area contributed by atoms with Gasteiger partial charge in [0, 0.05) is 17.8 Å². The number of hydrogen-bond donors (Lipinski definition) is 2. The maximum absolute atomic E-state index is 8.98. The monoisotopic (exact) mass is 321 g/mol. The Kier molecular flexibility index (Phi) is 3.64. The first-order valence-corrected chi connectivity index (χ1v) is 7.50. The van der Waals surface area contributed by atoms with E-state index in [2.05, 4.69) is 25.5 Å². The first-order valence-electron chi connectivity index (χ1n) is 7.50. The molecule has 0 spiro atoms. The van der Waals surface area contributed by atoms with E-state index in [0.29, 0.717) is 12.3 Å². The molecule has 3 heterocycles. The van der Waals surface area contributed by atoms with Gasteiger partial charge in [-0.1, -0.05) is 30.3 Å². The minimum Gasteiger partial charge on any atom is -0.394 e. The summed E-state index contributed by atoms with van der Waals surface area (Å²) in [6.45, 7) is 0.494. The van der Waals surface area contributed by atoms with Crippen LogP contribution in [0, 0.1) is 0 Å². The molecule has 120 valence electrons. The molecule has 24 heavy (non-hydrogen) atoms. The number of nitrogens with zero attached hydrogens (tertiary/aromatic N) is 6. The van der Waals surface area contributed by atoms with Crippen LogP contribution < -0.4 is 5.32 Å². The van der Waals surface area contributed by atoms with Gasteiger partial charge < -0.3 is 10.4 Å². The summed E-state index contributed by atoms with van der Waals surface area (Å²) in [5.74, 6) is 1.25. The lowest BCUT2D eigenvalue weighted by atomic mass is 10.1. The molecule has 0 saturated heterocycles. The van der Waals surface area contributed by atoms with Gasteiger partial charge in [0.2, 0.25) is 0 Å². The molecular formula is C16H15N7O. The summed E-state index contributed by atoms with van der Waals surface area (Å²) in [4.78, 5) is 8.73. The number of nitrogens with one attached hydrogen (secondary N) is 1. The normalized spacial score (nSPS) is 11.0. The topological polar surface area (TPSA) is 93.2 Å². The second-order valence-corrected chi connectivity index (χ2v) is 5.21. The molecule has 0 saturated carbocycles. The van der Waals surface area contributed by atoms with Crippen molar-refractivity contribution in [2.24, 2.45) is 0 Å². The fourth-order valence-corrected chi connectivity index (χ4v) is 2.46. The molecule has 0 radical (unpaired) electrons. The van der Waals surface area contributed by atoms with Crippen molar-refractivity contribution in [1.82, 2.24) is 29.4 Å². The average molecular weight is 321 g/mol. The lowest BCUT2D eigenvalue weighted by molar-refractivity contribution is 0.269. The van der Waals surface area contributed by atoms with E-state index in [1.165, 1.54) is 6.33 Å². The molecule has 0 aliphatic heterocycles. The number of aliphatic hydroxyl groups is 1. The van der Waals surface area contributed by atoms with Crippen molar-refractivity contribution in [3.05, 3.63) is 55.1 Å². The SMILES string of the molecule is OCCn1cc(Nc2cc(-c3ccccc3)nc3ncnn23)cn1. The van der Waals surface area contributed by atoms with Crippen molar-refractivity contribution in [1.29, 1.82) is 0 Å². The Morgan fingerprint density at radius 1 is 1.12 bits per heavy atom. The summed E-state index contributed by atoms with van der Waals surface area (Å²) in [5, 5.41) is 20.7. The van der Waals surface area contributed by atoms with Crippen molar-refractivity contribution in [3.63, 3.8) is 0 Å². The van der Waals surface area contributed by atoms with Crippen molar-refractivity contribution in [2.75, 3.05) is 11.9 Å². The van der Waals surface area contributed by atoms with E-state index in [1.54, 1.807) is 15.4 Å². The van der Waals surface area contributed by atoms with Crippen LogP contribution in [0.4, 0.5) is 11.5 Å². The van der Waals surface area contributed by atoms with E-state index in [-0.39, 0.29) is 6.61 Å². The highest BCUT2D eigenvalue weighted by Crippen LogP contribution is 2.23. The Balaban J connectivity index is 1.74. The summed E-state index contributed by atoms with van der Waals surface area (Å²) in [7, 11) is 0. The Bertz CT molecular complexity index is 961. The van der Waals surface area contributed by atoms with Gasteiger partial charge in [-0.2, -0.15) is 19.7 Å². The van der Waals surface area contributed by atoms with E-state index in [9.17, 15) is 0 Å². The molecule has 4 aromatic rings. The predicted octanol–water partition coefficient (Wildman–Crippen LogP) is 1.72. The second-order valence-electron chi connectivity index (χ2n) is 5.21. The van der Waals surface area contributed by atoms with E-state index < -0.39 is 0 Å². The summed E-state index contributed by atoms with van der Waals surface area (Å²) >= 11 is 0. The number of anilines is 2. The fraction of sp³-hybridized carbons (Fsp3) is 0.125. The van der Waals surface area contributed by atoms with Crippen LogP contribution in [0.5, 0.6) is 0 Å². The Morgan fingerprint density at radius 2 is 2.00 bits per heavy atom. The van der Waals surface area contributed by atoms with E-state index in [1.807, 2.05) is 42.6 Å². The molecule has 4 rings (SSSR count). The Hall–Kier alpha value is -3.26. The van der Waals surface area contributed by atoms with Crippen molar-refractivity contribution < 1.29 is 5.11 Å². The van der Waals surface area contributed by atoms with Gasteiger partial charge in [0.05, 0.1) is 30.7 Å². The molecule has 0 aliphatic carbocycles. The third-order valence-electron chi connectivity index (χ3n) is 3.56. The van der Waals surface area contributed by atoms with E-state index in [4.69, 9.17) is 5.11 Å². The van der Waals surface area contributed by atoms with Crippen molar-refractivity contribution in [3.8, 4) is 11.3 Å². The van der Waals surface area contributed by atoms with Crippen LogP contribution in [0.2, 0.25) is 0 Å². The van der Waals surface area contributed by atoms with Gasteiger partial charge in [-0.25, -0.2) is 4.98 Å². The molecular weight excluding hydrogens is 306 g/mol. The molecule has 0 aliphatic rings. The highest BCUT2D eigenvalue weighted by Gasteiger charge is 2.10. The molecule has 8 nitrogen and oxygen atoms in total. The number of rotatable bonds is 5. The predicted molar refractivity (Wildman–Crippen MR) is 88.8 cm³/mol. The fourth-order valence-electron chi connectivity index (χ4n) is 2.46. The molecule has 0 bridgehead atoms. The minimum absolute atomic E-state index is 0.0435. The first kappa shape index (κ1) is 14.3. The molecule has 0 atom stereocenters. The van der Waals surface area contributed by atoms with Crippen LogP contribution in [0.25, 0.3) is 17.0 Å². The molecule has 0 unspecified atom stereocenters. The van der Waals surface area contributed by atoms with Gasteiger partial charge in [-0.15, -0.1) is 0 Å². The van der Waals surface area contributed by atoms with Gasteiger partial charge in [0.25, 0.3) is 5.78 Å². The van der Waals surface area contributed by atoms with Crippen LogP contribution in [-0.4, -0.2) is 41.1 Å². The third kappa shape index (κ3) is 2.70. The van der Waals surface area contributed by atoms with Crippen LogP contribution in [-0.2, 0) is 6.54 Å². The standard InChI is InChI=1S/C16H15N7O/c24-7-6-22-10-13(9-18-22)20-15-8-14(12-4-2-1-3-5-12)21-16-17-11-19-23(15)16/h1-5,8-11,20,24H,6-7H2. The van der Waals surface area contributed by atoms with Crippen LogP contribution in [0.1, 0.15) is 0 Å². The van der Waals surface area contributed by atoms with Crippen LogP contribution in [0.3, 0.4) is 0 Å².